The van der Waals surface area contributed by atoms with Crippen LogP contribution in [0.5, 0.6) is 0 Å². The summed E-state index contributed by atoms with van der Waals surface area (Å²) in [7, 11) is 0. The van der Waals surface area contributed by atoms with Gasteiger partial charge in [0.1, 0.15) is 0 Å². The number of nitrogens with two attached hydrogens (primary N) is 1. The molecule has 17 heavy (non-hydrogen) atoms. The molecule has 0 radical (unpaired) electrons. The van der Waals surface area contributed by atoms with Gasteiger partial charge in [-0.15, -0.1) is 0 Å². The van der Waals surface area contributed by atoms with E-state index < -0.39 is 0 Å². The van der Waals surface area contributed by atoms with E-state index >= 15 is 0 Å². The summed E-state index contributed by atoms with van der Waals surface area (Å²) in [4.78, 5) is 0. The Hall–Kier alpha value is -1.06. The molecule has 3 atom stereocenters. The Bertz CT molecular complexity index is 419. The van der Waals surface area contributed by atoms with E-state index in [-0.39, 0.29) is 0 Å². The molecule has 3 unspecified atom stereocenters. The topological polar surface area (TPSA) is 47.3 Å². The Balaban J connectivity index is 1.75. The normalized spacial score (nSPS) is 31.7. The first-order chi connectivity index (χ1) is 8.24. The first-order valence-corrected chi connectivity index (χ1v) is 6.50. The van der Waals surface area contributed by atoms with Gasteiger partial charge in [-0.1, -0.05) is 6.07 Å². The van der Waals surface area contributed by atoms with E-state index in [1.54, 1.807) is 0 Å². The fourth-order valence-electron chi connectivity index (χ4n) is 3.02. The van der Waals surface area contributed by atoms with E-state index in [1.165, 1.54) is 17.5 Å². The number of fused-ring (bicyclic) bond motifs is 1. The highest BCUT2D eigenvalue weighted by molar-refractivity contribution is 5.47. The number of nitrogen functional groups attached to an aromatic ring is 1. The van der Waals surface area contributed by atoms with E-state index in [9.17, 15) is 0 Å². The van der Waals surface area contributed by atoms with Crippen LogP contribution in [-0.2, 0) is 11.2 Å². The molecular weight excluding hydrogens is 212 g/mol. The molecule has 0 spiro atoms. The molecule has 3 N–H and O–H groups in total. The molecule has 1 heterocycles. The summed E-state index contributed by atoms with van der Waals surface area (Å²) < 4.78 is 5.60. The third kappa shape index (κ3) is 2.05. The van der Waals surface area contributed by atoms with E-state index in [0.717, 1.165) is 25.1 Å². The Morgan fingerprint density at radius 2 is 2.24 bits per heavy atom. The zero-order valence-electron chi connectivity index (χ0n) is 10.3. The molecule has 1 aliphatic carbocycles. The van der Waals surface area contributed by atoms with Crippen LogP contribution in [0.1, 0.15) is 36.9 Å². The fraction of sp³-hybridized carbons (Fsp3) is 0.571. The predicted molar refractivity (Wildman–Crippen MR) is 68.9 cm³/mol. The van der Waals surface area contributed by atoms with Crippen molar-refractivity contribution < 1.29 is 4.74 Å². The highest BCUT2D eigenvalue weighted by atomic mass is 16.5. The van der Waals surface area contributed by atoms with Crippen LogP contribution in [0.3, 0.4) is 0 Å². The molecule has 92 valence electrons. The van der Waals surface area contributed by atoms with Gasteiger partial charge in [-0.3, -0.25) is 0 Å². The number of aryl methyl sites for hydroxylation is 1. The highest BCUT2D eigenvalue weighted by Crippen LogP contribution is 2.33. The minimum Gasteiger partial charge on any atom is -0.399 e. The van der Waals surface area contributed by atoms with Crippen LogP contribution < -0.4 is 11.1 Å². The summed E-state index contributed by atoms with van der Waals surface area (Å²) in [6, 6.07) is 7.29. The van der Waals surface area contributed by atoms with Gasteiger partial charge in [0.25, 0.3) is 0 Å². The number of anilines is 1. The molecule has 3 rings (SSSR count). The largest absolute Gasteiger partial charge is 0.399 e. The van der Waals surface area contributed by atoms with Gasteiger partial charge in [-0.25, -0.2) is 0 Å². The van der Waals surface area contributed by atoms with Crippen LogP contribution in [0.15, 0.2) is 18.2 Å². The lowest BCUT2D eigenvalue weighted by molar-refractivity contribution is 0.111. The number of benzene rings is 1. The maximum absolute atomic E-state index is 5.82. The summed E-state index contributed by atoms with van der Waals surface area (Å²) in [5.41, 5.74) is 9.54. The highest BCUT2D eigenvalue weighted by Gasteiger charge is 2.30. The second-order valence-corrected chi connectivity index (χ2v) is 5.19. The molecule has 0 saturated carbocycles. The van der Waals surface area contributed by atoms with Crippen molar-refractivity contribution in [2.24, 2.45) is 0 Å². The summed E-state index contributed by atoms with van der Waals surface area (Å²) in [6.07, 6.45) is 3.79. The number of hydrogen-bond acceptors (Lipinski definition) is 3. The molecule has 1 aromatic rings. The zero-order chi connectivity index (χ0) is 11.8. The number of ether oxygens (including phenoxy) is 1. The van der Waals surface area contributed by atoms with E-state index in [2.05, 4.69) is 24.4 Å². The maximum Gasteiger partial charge on any atom is 0.0700 e. The standard InChI is InChI=1S/C14H20N2O/c1-9-13(6-7-17-9)16-14-5-2-10-8-11(15)3-4-12(10)14/h3-4,8-9,13-14,16H,2,5-7,15H2,1H3. The van der Waals surface area contributed by atoms with Crippen molar-refractivity contribution >= 4 is 5.69 Å². The van der Waals surface area contributed by atoms with Crippen LogP contribution in [0.4, 0.5) is 5.69 Å². The molecule has 1 aromatic carbocycles. The molecule has 0 aromatic heterocycles. The quantitative estimate of drug-likeness (QED) is 0.767. The molecule has 3 heteroatoms. The van der Waals surface area contributed by atoms with E-state index in [4.69, 9.17) is 10.5 Å². The van der Waals surface area contributed by atoms with Crippen molar-refractivity contribution in [2.75, 3.05) is 12.3 Å². The average Bonchev–Trinajstić information content (AvgIpc) is 2.87. The Morgan fingerprint density at radius 1 is 1.35 bits per heavy atom. The molecule has 3 nitrogen and oxygen atoms in total. The van der Waals surface area contributed by atoms with Gasteiger partial charge in [0, 0.05) is 24.4 Å². The molecule has 2 aliphatic rings. The molecular formula is C14H20N2O. The van der Waals surface area contributed by atoms with Crippen molar-refractivity contribution in [3.63, 3.8) is 0 Å². The minimum atomic E-state index is 0.341. The number of rotatable bonds is 2. The Kier molecular flexibility index (Phi) is 2.81. The molecule has 1 fully saturated rings. The van der Waals surface area contributed by atoms with Gasteiger partial charge < -0.3 is 15.8 Å². The maximum atomic E-state index is 5.82. The van der Waals surface area contributed by atoms with Crippen LogP contribution in [0, 0.1) is 0 Å². The first kappa shape index (κ1) is 11.1. The van der Waals surface area contributed by atoms with Crippen molar-refractivity contribution in [1.82, 2.24) is 5.32 Å². The lowest BCUT2D eigenvalue weighted by atomic mass is 10.0. The Labute approximate surface area is 102 Å². The van der Waals surface area contributed by atoms with Gasteiger partial charge >= 0.3 is 0 Å². The SMILES string of the molecule is CC1OCCC1NC1CCc2cc(N)ccc21. The average molecular weight is 232 g/mol. The Morgan fingerprint density at radius 3 is 3.00 bits per heavy atom. The van der Waals surface area contributed by atoms with Gasteiger partial charge in [-0.05, 0) is 49.4 Å². The first-order valence-electron chi connectivity index (χ1n) is 6.50. The molecule has 0 amide bonds. The molecule has 0 bridgehead atoms. The second-order valence-electron chi connectivity index (χ2n) is 5.19. The van der Waals surface area contributed by atoms with Crippen molar-refractivity contribution in [1.29, 1.82) is 0 Å². The number of nitrogens with one attached hydrogen (secondary N) is 1. The second kappa shape index (κ2) is 4.31. The summed E-state index contributed by atoms with van der Waals surface area (Å²) in [5.74, 6) is 0. The van der Waals surface area contributed by atoms with Crippen molar-refractivity contribution in [3.05, 3.63) is 29.3 Å². The smallest absolute Gasteiger partial charge is 0.0700 e. The van der Waals surface area contributed by atoms with Crippen LogP contribution in [-0.4, -0.2) is 18.8 Å². The summed E-state index contributed by atoms with van der Waals surface area (Å²) in [6.45, 7) is 3.05. The van der Waals surface area contributed by atoms with Crippen molar-refractivity contribution in [2.45, 2.75) is 44.4 Å². The van der Waals surface area contributed by atoms with Crippen LogP contribution in [0.2, 0.25) is 0 Å². The van der Waals surface area contributed by atoms with E-state index in [0.29, 0.717) is 18.2 Å². The van der Waals surface area contributed by atoms with Gasteiger partial charge in [0.15, 0.2) is 0 Å². The monoisotopic (exact) mass is 232 g/mol. The minimum absolute atomic E-state index is 0.341. The third-order valence-electron chi connectivity index (χ3n) is 4.04. The third-order valence-corrected chi connectivity index (χ3v) is 4.04. The zero-order valence-corrected chi connectivity index (χ0v) is 10.3. The van der Waals surface area contributed by atoms with Gasteiger partial charge in [0.05, 0.1) is 6.10 Å². The molecule has 1 saturated heterocycles. The fourth-order valence-corrected chi connectivity index (χ4v) is 3.02. The predicted octanol–water partition coefficient (Wildman–Crippen LogP) is 2.02. The van der Waals surface area contributed by atoms with Gasteiger partial charge in [0.2, 0.25) is 0 Å². The van der Waals surface area contributed by atoms with Gasteiger partial charge in [-0.2, -0.15) is 0 Å². The van der Waals surface area contributed by atoms with Crippen LogP contribution >= 0.6 is 0 Å². The summed E-state index contributed by atoms with van der Waals surface area (Å²) in [5, 5.41) is 3.74. The lowest BCUT2D eigenvalue weighted by Crippen LogP contribution is -2.36. The van der Waals surface area contributed by atoms with Crippen molar-refractivity contribution in [3.8, 4) is 0 Å². The summed E-state index contributed by atoms with van der Waals surface area (Å²) >= 11 is 0. The van der Waals surface area contributed by atoms with Crippen LogP contribution in [0.25, 0.3) is 0 Å². The lowest BCUT2D eigenvalue weighted by Gasteiger charge is -2.22. The molecule has 1 aliphatic heterocycles. The van der Waals surface area contributed by atoms with E-state index in [1.807, 2.05) is 6.07 Å². The number of hydrogen-bond donors (Lipinski definition) is 2.